The van der Waals surface area contributed by atoms with Gasteiger partial charge in [0.25, 0.3) is 0 Å². The Balaban J connectivity index is 2.16. The van der Waals surface area contributed by atoms with Crippen LogP contribution in [0.2, 0.25) is 0 Å². The summed E-state index contributed by atoms with van der Waals surface area (Å²) in [4.78, 5) is 0. The molecule has 0 atom stereocenters. The number of hydrogen-bond donors (Lipinski definition) is 1. The van der Waals surface area contributed by atoms with E-state index in [-0.39, 0.29) is 0 Å². The van der Waals surface area contributed by atoms with Gasteiger partial charge in [-0.15, -0.1) is 0 Å². The van der Waals surface area contributed by atoms with Crippen LogP contribution < -0.4 is 10.5 Å². The van der Waals surface area contributed by atoms with Crippen LogP contribution in [-0.4, -0.2) is 12.3 Å². The van der Waals surface area contributed by atoms with Gasteiger partial charge in [-0.3, -0.25) is 0 Å². The summed E-state index contributed by atoms with van der Waals surface area (Å²) in [6.07, 6.45) is 0. The van der Waals surface area contributed by atoms with Gasteiger partial charge < -0.3 is 15.0 Å². The molecule has 0 saturated heterocycles. The molecular formula is C14H12N2O2S. The second kappa shape index (κ2) is 4.78. The zero-order chi connectivity index (χ0) is 13.2. The summed E-state index contributed by atoms with van der Waals surface area (Å²) in [5, 5.41) is 7.86. The van der Waals surface area contributed by atoms with Crippen LogP contribution in [0.5, 0.6) is 5.75 Å². The van der Waals surface area contributed by atoms with E-state index in [1.807, 2.05) is 41.1 Å². The fourth-order valence-corrected chi connectivity index (χ4v) is 2.59. The molecule has 2 aromatic heterocycles. The largest absolute Gasteiger partial charge is 0.497 e. The molecule has 0 bridgehead atoms. The quantitative estimate of drug-likeness (QED) is 0.790. The molecule has 4 nitrogen and oxygen atoms in total. The maximum absolute atomic E-state index is 5.93. The van der Waals surface area contributed by atoms with Gasteiger partial charge in [-0.05, 0) is 29.1 Å². The van der Waals surface area contributed by atoms with Gasteiger partial charge in [0.15, 0.2) is 11.6 Å². The Hall–Kier alpha value is -2.27. The SMILES string of the molecule is COc1cccc(-c2c(N)noc2-c2ccsc2)c1. The minimum absolute atomic E-state index is 0.384. The number of methoxy groups -OCH3 is 1. The Labute approximate surface area is 114 Å². The highest BCUT2D eigenvalue weighted by Crippen LogP contribution is 2.38. The molecule has 2 N–H and O–H groups in total. The minimum Gasteiger partial charge on any atom is -0.497 e. The van der Waals surface area contributed by atoms with Gasteiger partial charge in [-0.25, -0.2) is 0 Å². The van der Waals surface area contributed by atoms with E-state index in [0.29, 0.717) is 11.6 Å². The van der Waals surface area contributed by atoms with E-state index in [2.05, 4.69) is 5.16 Å². The van der Waals surface area contributed by atoms with Gasteiger partial charge >= 0.3 is 0 Å². The summed E-state index contributed by atoms with van der Waals surface area (Å²) >= 11 is 1.60. The third-order valence-corrected chi connectivity index (χ3v) is 3.54. The molecule has 0 spiro atoms. The number of anilines is 1. The van der Waals surface area contributed by atoms with E-state index in [9.17, 15) is 0 Å². The lowest BCUT2D eigenvalue weighted by Crippen LogP contribution is -1.89. The third-order valence-electron chi connectivity index (χ3n) is 2.86. The predicted octanol–water partition coefficient (Wildman–Crippen LogP) is 3.66. The van der Waals surface area contributed by atoms with E-state index in [0.717, 1.165) is 22.4 Å². The summed E-state index contributed by atoms with van der Waals surface area (Å²) in [7, 11) is 1.63. The van der Waals surface area contributed by atoms with E-state index in [4.69, 9.17) is 15.0 Å². The fraction of sp³-hybridized carbons (Fsp3) is 0.0714. The van der Waals surface area contributed by atoms with Crippen LogP contribution >= 0.6 is 11.3 Å². The molecular weight excluding hydrogens is 260 g/mol. The monoisotopic (exact) mass is 272 g/mol. The lowest BCUT2D eigenvalue weighted by Gasteiger charge is -2.04. The molecule has 0 aliphatic heterocycles. The highest BCUT2D eigenvalue weighted by Gasteiger charge is 2.18. The molecule has 0 saturated carbocycles. The van der Waals surface area contributed by atoms with Crippen molar-refractivity contribution in [2.75, 3.05) is 12.8 Å². The predicted molar refractivity (Wildman–Crippen MR) is 76.2 cm³/mol. The molecule has 5 heteroatoms. The molecule has 3 aromatic rings. The van der Waals surface area contributed by atoms with E-state index in [1.54, 1.807) is 18.4 Å². The Morgan fingerprint density at radius 3 is 2.89 bits per heavy atom. The standard InChI is InChI=1S/C14H12N2O2S/c1-17-11-4-2-3-9(7-11)12-13(18-16-14(12)15)10-5-6-19-8-10/h2-8H,1H3,(H2,15,16). The van der Waals surface area contributed by atoms with E-state index >= 15 is 0 Å². The smallest absolute Gasteiger partial charge is 0.177 e. The van der Waals surface area contributed by atoms with Crippen molar-refractivity contribution in [3.63, 3.8) is 0 Å². The topological polar surface area (TPSA) is 61.3 Å². The zero-order valence-corrected chi connectivity index (χ0v) is 11.1. The minimum atomic E-state index is 0.384. The third kappa shape index (κ3) is 2.08. The molecule has 2 heterocycles. The molecule has 1 aromatic carbocycles. The number of nitrogens with two attached hydrogens (primary N) is 1. The number of hydrogen-bond acceptors (Lipinski definition) is 5. The van der Waals surface area contributed by atoms with Crippen molar-refractivity contribution in [1.29, 1.82) is 0 Å². The van der Waals surface area contributed by atoms with Gasteiger partial charge in [0.05, 0.1) is 12.7 Å². The van der Waals surface area contributed by atoms with Gasteiger partial charge in [0.1, 0.15) is 5.75 Å². The first-order chi connectivity index (χ1) is 9.29. The molecule has 0 aliphatic carbocycles. The van der Waals surface area contributed by atoms with E-state index < -0.39 is 0 Å². The Kier molecular flexibility index (Phi) is 2.97. The molecule has 0 radical (unpaired) electrons. The lowest BCUT2D eigenvalue weighted by atomic mass is 10.0. The summed E-state index contributed by atoms with van der Waals surface area (Å²) < 4.78 is 10.6. The number of thiophene rings is 1. The second-order valence-electron chi connectivity index (χ2n) is 4.02. The van der Waals surface area contributed by atoms with Crippen LogP contribution in [0.1, 0.15) is 0 Å². The number of rotatable bonds is 3. The maximum Gasteiger partial charge on any atom is 0.177 e. The van der Waals surface area contributed by atoms with Crippen LogP contribution in [0.3, 0.4) is 0 Å². The van der Waals surface area contributed by atoms with Crippen molar-refractivity contribution >= 4 is 17.2 Å². The Morgan fingerprint density at radius 2 is 2.16 bits per heavy atom. The Bertz CT molecular complexity index is 689. The molecule has 0 unspecified atom stereocenters. The first-order valence-corrected chi connectivity index (χ1v) is 6.66. The van der Waals surface area contributed by atoms with Crippen LogP contribution in [0.25, 0.3) is 22.5 Å². The van der Waals surface area contributed by atoms with Crippen molar-refractivity contribution in [3.8, 4) is 28.2 Å². The first-order valence-electron chi connectivity index (χ1n) is 5.71. The van der Waals surface area contributed by atoms with Crippen molar-refractivity contribution in [2.24, 2.45) is 0 Å². The average Bonchev–Trinajstić information content (AvgIpc) is 3.07. The molecule has 96 valence electrons. The highest BCUT2D eigenvalue weighted by atomic mass is 32.1. The van der Waals surface area contributed by atoms with Crippen molar-refractivity contribution in [1.82, 2.24) is 5.16 Å². The summed E-state index contributed by atoms with van der Waals surface area (Å²) in [6.45, 7) is 0. The highest BCUT2D eigenvalue weighted by molar-refractivity contribution is 7.08. The average molecular weight is 272 g/mol. The molecule has 0 amide bonds. The number of benzene rings is 1. The summed E-state index contributed by atoms with van der Waals surface area (Å²) in [6, 6.07) is 9.66. The number of aromatic nitrogens is 1. The number of ether oxygens (including phenoxy) is 1. The number of nitrogen functional groups attached to an aromatic ring is 1. The van der Waals surface area contributed by atoms with Crippen molar-refractivity contribution in [2.45, 2.75) is 0 Å². The van der Waals surface area contributed by atoms with Crippen LogP contribution in [-0.2, 0) is 0 Å². The van der Waals surface area contributed by atoms with Gasteiger partial charge in [0.2, 0.25) is 0 Å². The molecule has 3 rings (SSSR count). The lowest BCUT2D eigenvalue weighted by molar-refractivity contribution is 0.415. The van der Waals surface area contributed by atoms with Crippen LogP contribution in [0, 0.1) is 0 Å². The fourth-order valence-electron chi connectivity index (χ4n) is 1.95. The second-order valence-corrected chi connectivity index (χ2v) is 4.80. The van der Waals surface area contributed by atoms with Gasteiger partial charge in [-0.1, -0.05) is 17.3 Å². The molecule has 19 heavy (non-hydrogen) atoms. The van der Waals surface area contributed by atoms with E-state index in [1.165, 1.54) is 0 Å². The Morgan fingerprint density at radius 1 is 1.26 bits per heavy atom. The first kappa shape index (κ1) is 11.8. The van der Waals surface area contributed by atoms with Gasteiger partial charge in [-0.2, -0.15) is 11.3 Å². The van der Waals surface area contributed by atoms with Crippen molar-refractivity contribution in [3.05, 3.63) is 41.1 Å². The summed E-state index contributed by atoms with van der Waals surface area (Å²) in [5.74, 6) is 1.84. The van der Waals surface area contributed by atoms with Crippen LogP contribution in [0.15, 0.2) is 45.6 Å². The number of nitrogens with zero attached hydrogens (tertiary/aromatic N) is 1. The van der Waals surface area contributed by atoms with Gasteiger partial charge in [0, 0.05) is 10.9 Å². The zero-order valence-electron chi connectivity index (χ0n) is 10.3. The summed E-state index contributed by atoms with van der Waals surface area (Å²) in [5.41, 5.74) is 8.64. The van der Waals surface area contributed by atoms with Crippen LogP contribution in [0.4, 0.5) is 5.82 Å². The normalized spacial score (nSPS) is 10.6. The van der Waals surface area contributed by atoms with Crippen molar-refractivity contribution < 1.29 is 9.26 Å². The molecule has 0 aliphatic rings. The molecule has 0 fully saturated rings. The maximum atomic E-state index is 5.93.